The lowest BCUT2D eigenvalue weighted by atomic mass is 9.95. The fourth-order valence-electron chi connectivity index (χ4n) is 3.44. The summed E-state index contributed by atoms with van der Waals surface area (Å²) >= 11 is 6.09. The number of amides is 1. The van der Waals surface area contributed by atoms with E-state index in [-0.39, 0.29) is 16.9 Å². The molecule has 1 unspecified atom stereocenters. The van der Waals surface area contributed by atoms with Gasteiger partial charge in [0, 0.05) is 16.3 Å². The Kier molecular flexibility index (Phi) is 4.91. The maximum absolute atomic E-state index is 13.3. The number of hydrogen-bond acceptors (Lipinski definition) is 3. The number of aliphatic hydroxyl groups excluding tert-OH is 1. The van der Waals surface area contributed by atoms with Crippen LogP contribution in [-0.2, 0) is 9.59 Å². The van der Waals surface area contributed by atoms with Crippen LogP contribution in [0.1, 0.15) is 17.2 Å². The maximum Gasteiger partial charge on any atom is 0.300 e. The zero-order valence-corrected chi connectivity index (χ0v) is 15.8. The molecule has 3 aromatic rings. The van der Waals surface area contributed by atoms with Crippen molar-refractivity contribution in [2.75, 3.05) is 4.90 Å². The summed E-state index contributed by atoms with van der Waals surface area (Å²) in [6.45, 7) is 0. The number of carbonyl (C=O) groups excluding carboxylic acids is 2. The molecule has 1 heterocycles. The quantitative estimate of drug-likeness (QED) is 0.373. The first-order chi connectivity index (χ1) is 14.0. The first-order valence-corrected chi connectivity index (χ1v) is 9.22. The van der Waals surface area contributed by atoms with Crippen LogP contribution in [-0.4, -0.2) is 16.8 Å². The molecule has 1 saturated heterocycles. The molecule has 4 nitrogen and oxygen atoms in total. The van der Waals surface area contributed by atoms with Gasteiger partial charge in [0.05, 0.1) is 11.6 Å². The lowest BCUT2D eigenvalue weighted by Gasteiger charge is -2.25. The molecule has 144 valence electrons. The zero-order valence-electron chi connectivity index (χ0n) is 15.0. The topological polar surface area (TPSA) is 57.6 Å². The van der Waals surface area contributed by atoms with Crippen LogP contribution in [0.3, 0.4) is 0 Å². The predicted octanol–water partition coefficient (Wildman–Crippen LogP) is 5.11. The van der Waals surface area contributed by atoms with E-state index in [1.165, 1.54) is 29.2 Å². The van der Waals surface area contributed by atoms with Gasteiger partial charge in [-0.15, -0.1) is 0 Å². The van der Waals surface area contributed by atoms with Gasteiger partial charge < -0.3 is 5.11 Å². The molecule has 0 saturated carbocycles. The highest BCUT2D eigenvalue weighted by Crippen LogP contribution is 2.42. The summed E-state index contributed by atoms with van der Waals surface area (Å²) in [6, 6.07) is 19.8. The van der Waals surface area contributed by atoms with E-state index in [0.717, 1.165) is 0 Å². The summed E-state index contributed by atoms with van der Waals surface area (Å²) in [5.74, 6) is -2.42. The number of carbonyl (C=O) groups is 2. The second-order valence-corrected chi connectivity index (χ2v) is 7.00. The van der Waals surface area contributed by atoms with E-state index < -0.39 is 23.5 Å². The summed E-state index contributed by atoms with van der Waals surface area (Å²) in [4.78, 5) is 27.2. The Morgan fingerprint density at radius 2 is 1.62 bits per heavy atom. The predicted molar refractivity (Wildman–Crippen MR) is 109 cm³/mol. The Morgan fingerprint density at radius 1 is 0.931 bits per heavy atom. The van der Waals surface area contributed by atoms with Crippen LogP contribution in [0.15, 0.2) is 84.4 Å². The van der Waals surface area contributed by atoms with Gasteiger partial charge in [-0.3, -0.25) is 14.5 Å². The molecule has 1 aliphatic heterocycles. The normalized spacial score (nSPS) is 18.3. The summed E-state index contributed by atoms with van der Waals surface area (Å²) in [5.41, 5.74) is 1.27. The highest BCUT2D eigenvalue weighted by atomic mass is 35.5. The van der Waals surface area contributed by atoms with Crippen molar-refractivity contribution in [2.45, 2.75) is 6.04 Å². The van der Waals surface area contributed by atoms with E-state index in [2.05, 4.69) is 0 Å². The van der Waals surface area contributed by atoms with Gasteiger partial charge in [-0.1, -0.05) is 48.0 Å². The van der Waals surface area contributed by atoms with Crippen LogP contribution in [0.4, 0.5) is 10.1 Å². The monoisotopic (exact) mass is 407 g/mol. The molecule has 1 amide bonds. The Hall–Kier alpha value is -3.44. The summed E-state index contributed by atoms with van der Waals surface area (Å²) in [7, 11) is 0. The average Bonchev–Trinajstić information content (AvgIpc) is 2.99. The van der Waals surface area contributed by atoms with Crippen LogP contribution in [0.2, 0.25) is 5.02 Å². The van der Waals surface area contributed by atoms with Crippen molar-refractivity contribution in [3.8, 4) is 0 Å². The van der Waals surface area contributed by atoms with E-state index in [1.54, 1.807) is 48.5 Å². The van der Waals surface area contributed by atoms with Gasteiger partial charge in [0.25, 0.3) is 11.7 Å². The minimum absolute atomic E-state index is 0.0622. The Labute approximate surface area is 171 Å². The van der Waals surface area contributed by atoms with Crippen molar-refractivity contribution in [2.24, 2.45) is 0 Å². The number of rotatable bonds is 3. The number of Topliss-reactive ketones (excluding diaryl/α,β-unsaturated/α-hetero) is 1. The highest BCUT2D eigenvalue weighted by molar-refractivity contribution is 6.51. The van der Waals surface area contributed by atoms with Crippen molar-refractivity contribution >= 4 is 34.7 Å². The van der Waals surface area contributed by atoms with E-state index >= 15 is 0 Å². The second-order valence-electron chi connectivity index (χ2n) is 6.57. The number of anilines is 1. The Balaban J connectivity index is 1.94. The fraction of sp³-hybridized carbons (Fsp3) is 0.0435. The zero-order chi connectivity index (χ0) is 20.5. The molecule has 3 aromatic carbocycles. The van der Waals surface area contributed by atoms with Crippen molar-refractivity contribution in [3.63, 3.8) is 0 Å². The molecule has 1 atom stereocenters. The van der Waals surface area contributed by atoms with Gasteiger partial charge in [-0.25, -0.2) is 4.39 Å². The minimum atomic E-state index is -0.847. The van der Waals surface area contributed by atoms with Crippen molar-refractivity contribution in [1.82, 2.24) is 0 Å². The molecule has 0 spiro atoms. The van der Waals surface area contributed by atoms with Crippen molar-refractivity contribution < 1.29 is 19.1 Å². The summed E-state index contributed by atoms with van der Waals surface area (Å²) in [5, 5.41) is 11.3. The maximum atomic E-state index is 13.3. The highest BCUT2D eigenvalue weighted by Gasteiger charge is 2.46. The second kappa shape index (κ2) is 7.53. The molecule has 1 N–H and O–H groups in total. The molecule has 4 rings (SSSR count). The van der Waals surface area contributed by atoms with Gasteiger partial charge in [-0.05, 0) is 48.0 Å². The molecule has 0 aromatic heterocycles. The Bertz CT molecular complexity index is 1130. The smallest absolute Gasteiger partial charge is 0.300 e. The lowest BCUT2D eigenvalue weighted by molar-refractivity contribution is -0.132. The first kappa shape index (κ1) is 18.9. The third-order valence-electron chi connectivity index (χ3n) is 4.76. The third-order valence-corrected chi connectivity index (χ3v) is 5.00. The molecule has 0 radical (unpaired) electrons. The molecular formula is C23H15ClFNO3. The van der Waals surface area contributed by atoms with Gasteiger partial charge >= 0.3 is 0 Å². The largest absolute Gasteiger partial charge is 0.507 e. The van der Waals surface area contributed by atoms with Crippen LogP contribution < -0.4 is 4.90 Å². The van der Waals surface area contributed by atoms with Crippen molar-refractivity contribution in [3.05, 3.63) is 106 Å². The summed E-state index contributed by atoms with van der Waals surface area (Å²) in [6.07, 6.45) is 0. The molecule has 1 fully saturated rings. The van der Waals surface area contributed by atoms with E-state index in [0.29, 0.717) is 16.3 Å². The number of benzene rings is 3. The van der Waals surface area contributed by atoms with Crippen LogP contribution in [0.25, 0.3) is 5.76 Å². The number of halogens is 2. The molecule has 6 heteroatoms. The fourth-order valence-corrected chi connectivity index (χ4v) is 3.62. The van der Waals surface area contributed by atoms with Crippen LogP contribution in [0.5, 0.6) is 0 Å². The summed E-state index contributed by atoms with van der Waals surface area (Å²) < 4.78 is 13.3. The number of nitrogens with zero attached hydrogens (tertiary/aromatic N) is 1. The first-order valence-electron chi connectivity index (χ1n) is 8.85. The van der Waals surface area contributed by atoms with Gasteiger partial charge in [0.15, 0.2) is 0 Å². The average molecular weight is 408 g/mol. The SMILES string of the molecule is O=C1C(=O)N(c2cccc(Cl)c2)C(c2ccccc2)/C1=C(\O)c1ccc(F)cc1. The lowest BCUT2D eigenvalue weighted by Crippen LogP contribution is -2.29. The third kappa shape index (κ3) is 3.41. The van der Waals surface area contributed by atoms with Crippen LogP contribution in [0, 0.1) is 5.82 Å². The molecule has 29 heavy (non-hydrogen) atoms. The molecular weight excluding hydrogens is 393 g/mol. The van der Waals surface area contributed by atoms with E-state index in [9.17, 15) is 19.1 Å². The number of hydrogen-bond donors (Lipinski definition) is 1. The standard InChI is InChI=1S/C23H15ClFNO3/c24-16-7-4-8-18(13-16)26-20(14-5-2-1-3-6-14)19(22(28)23(26)29)21(27)15-9-11-17(25)12-10-15/h1-13,20,27H/b21-19+. The van der Waals surface area contributed by atoms with Gasteiger partial charge in [-0.2, -0.15) is 0 Å². The van der Waals surface area contributed by atoms with Gasteiger partial charge in [0.2, 0.25) is 0 Å². The molecule has 0 bridgehead atoms. The molecule has 0 aliphatic carbocycles. The molecule has 1 aliphatic rings. The van der Waals surface area contributed by atoms with E-state index in [4.69, 9.17) is 11.6 Å². The van der Waals surface area contributed by atoms with Crippen LogP contribution >= 0.6 is 11.6 Å². The van der Waals surface area contributed by atoms with Gasteiger partial charge in [0.1, 0.15) is 11.6 Å². The Morgan fingerprint density at radius 3 is 2.28 bits per heavy atom. The minimum Gasteiger partial charge on any atom is -0.507 e. The number of ketones is 1. The number of aliphatic hydroxyl groups is 1. The van der Waals surface area contributed by atoms with E-state index in [1.807, 2.05) is 6.07 Å². The van der Waals surface area contributed by atoms with Crippen molar-refractivity contribution in [1.29, 1.82) is 0 Å².